The number of anilines is 3. The molecule has 1 aliphatic heterocycles. The molecule has 5 rings (SSSR count). The molecule has 0 spiro atoms. The molecule has 3 aromatic heterocycles. The number of nitrogens with zero attached hydrogens (tertiary/aromatic N) is 6. The summed E-state index contributed by atoms with van der Waals surface area (Å²) < 4.78 is 5.26. The molecule has 11 heteroatoms. The number of hydrogen-bond donors (Lipinski definition) is 3. The Balaban J connectivity index is 1.47. The van der Waals surface area contributed by atoms with Crippen LogP contribution in [0.3, 0.4) is 0 Å². The van der Waals surface area contributed by atoms with Gasteiger partial charge in [0.05, 0.1) is 40.7 Å². The molecule has 4 aromatic rings. The minimum Gasteiger partial charge on any atom is -0.394 e. The van der Waals surface area contributed by atoms with Gasteiger partial charge >= 0.3 is 0 Å². The van der Waals surface area contributed by atoms with E-state index in [1.54, 1.807) is 23.2 Å². The second kappa shape index (κ2) is 9.78. The lowest BCUT2D eigenvalue weighted by Crippen LogP contribution is -2.39. The topological polar surface area (TPSA) is 142 Å². The first-order chi connectivity index (χ1) is 17.9. The molecule has 1 amide bonds. The van der Waals surface area contributed by atoms with Crippen LogP contribution in [-0.2, 0) is 5.54 Å². The van der Waals surface area contributed by atoms with Gasteiger partial charge in [-0.2, -0.15) is 4.98 Å². The molecule has 37 heavy (non-hydrogen) atoms. The highest BCUT2D eigenvalue weighted by atomic mass is 16.5. The van der Waals surface area contributed by atoms with Gasteiger partial charge in [0.2, 0.25) is 5.95 Å². The second-order valence-electron chi connectivity index (χ2n) is 9.00. The van der Waals surface area contributed by atoms with Gasteiger partial charge in [0.1, 0.15) is 5.82 Å². The molecular weight excluding hydrogens is 472 g/mol. The number of carbonyl (C=O) groups excluding carboxylic acids is 1. The molecule has 11 nitrogen and oxygen atoms in total. The van der Waals surface area contributed by atoms with Gasteiger partial charge in [-0.15, -0.1) is 6.58 Å². The first-order valence-electron chi connectivity index (χ1n) is 11.7. The first kappa shape index (κ1) is 24.1. The standard InChI is InChI=1S/C26H26N8O3/c1-4-10-34-24(36)18-13-28-25(33-22(18)26(34,2)3)32-21-11-19(17(12-27-21)23-29-15-30-37-23)31-20(14-35)16-8-6-5-7-9-16/h4-9,11-13,15,20,35H,1,10,14H2,2-3H3,(H2,27,28,31,32,33)/t20-/m1/s1. The highest BCUT2D eigenvalue weighted by Crippen LogP contribution is 2.38. The molecule has 1 aliphatic rings. The lowest BCUT2D eigenvalue weighted by Gasteiger charge is -2.30. The molecule has 0 saturated carbocycles. The summed E-state index contributed by atoms with van der Waals surface area (Å²) >= 11 is 0. The van der Waals surface area contributed by atoms with Crippen molar-refractivity contribution < 1.29 is 14.4 Å². The SMILES string of the molecule is C=CCN1C(=O)c2cnc(Nc3cc(N[C@H](CO)c4ccccc4)c(-c4ncno4)cn3)nc2C1(C)C. The minimum absolute atomic E-state index is 0.129. The lowest BCUT2D eigenvalue weighted by atomic mass is 10.0. The van der Waals surface area contributed by atoms with Gasteiger partial charge in [-0.3, -0.25) is 4.79 Å². The Hall–Kier alpha value is -4.64. The normalized spacial score (nSPS) is 14.8. The fourth-order valence-corrected chi connectivity index (χ4v) is 4.36. The van der Waals surface area contributed by atoms with Crippen LogP contribution in [-0.4, -0.2) is 54.2 Å². The summed E-state index contributed by atoms with van der Waals surface area (Å²) in [5, 5.41) is 20.3. The average Bonchev–Trinajstić information content (AvgIpc) is 3.50. The Kier molecular flexibility index (Phi) is 6.36. The predicted octanol–water partition coefficient (Wildman–Crippen LogP) is 3.69. The Labute approximate surface area is 213 Å². The third-order valence-electron chi connectivity index (χ3n) is 6.28. The number of aromatic nitrogens is 5. The number of hydrogen-bond acceptors (Lipinski definition) is 10. The molecule has 3 N–H and O–H groups in total. The average molecular weight is 499 g/mol. The number of benzene rings is 1. The number of fused-ring (bicyclic) bond motifs is 1. The van der Waals surface area contributed by atoms with Crippen LogP contribution < -0.4 is 10.6 Å². The number of aliphatic hydroxyl groups excluding tert-OH is 1. The van der Waals surface area contributed by atoms with Crippen LogP contribution in [0.1, 0.15) is 41.5 Å². The van der Waals surface area contributed by atoms with Crippen LogP contribution in [0.2, 0.25) is 0 Å². The zero-order chi connectivity index (χ0) is 26.0. The Bertz CT molecular complexity index is 1420. The Morgan fingerprint density at radius 2 is 1.95 bits per heavy atom. The fourth-order valence-electron chi connectivity index (χ4n) is 4.36. The number of pyridine rings is 1. The number of carbonyl (C=O) groups is 1. The molecule has 1 atom stereocenters. The van der Waals surface area contributed by atoms with E-state index in [1.165, 1.54) is 12.5 Å². The second-order valence-corrected chi connectivity index (χ2v) is 9.00. The van der Waals surface area contributed by atoms with Crippen molar-refractivity contribution in [2.75, 3.05) is 23.8 Å². The van der Waals surface area contributed by atoms with Crippen molar-refractivity contribution >= 4 is 23.4 Å². The van der Waals surface area contributed by atoms with E-state index in [4.69, 9.17) is 4.52 Å². The molecule has 0 aliphatic carbocycles. The van der Waals surface area contributed by atoms with Crippen molar-refractivity contribution in [2.24, 2.45) is 0 Å². The van der Waals surface area contributed by atoms with Crippen LogP contribution >= 0.6 is 0 Å². The van der Waals surface area contributed by atoms with Gasteiger partial charge in [-0.05, 0) is 19.4 Å². The van der Waals surface area contributed by atoms with Crippen LogP contribution in [0.4, 0.5) is 17.5 Å². The summed E-state index contributed by atoms with van der Waals surface area (Å²) in [6.45, 7) is 7.90. The van der Waals surface area contributed by atoms with E-state index < -0.39 is 11.6 Å². The van der Waals surface area contributed by atoms with Gasteiger partial charge in [0, 0.05) is 25.0 Å². The smallest absolute Gasteiger partial charge is 0.261 e. The van der Waals surface area contributed by atoms with Crippen molar-refractivity contribution in [3.05, 3.63) is 84.6 Å². The quantitative estimate of drug-likeness (QED) is 0.292. The predicted molar refractivity (Wildman–Crippen MR) is 137 cm³/mol. The summed E-state index contributed by atoms with van der Waals surface area (Å²) in [6.07, 6.45) is 6.12. The summed E-state index contributed by atoms with van der Waals surface area (Å²) in [4.78, 5) is 32.2. The molecule has 1 aromatic carbocycles. The van der Waals surface area contributed by atoms with Crippen molar-refractivity contribution in [3.63, 3.8) is 0 Å². The molecule has 0 radical (unpaired) electrons. The zero-order valence-electron chi connectivity index (χ0n) is 20.4. The fraction of sp³-hybridized carbons (Fsp3) is 0.231. The van der Waals surface area contributed by atoms with Gasteiger partial charge in [0.25, 0.3) is 11.8 Å². The van der Waals surface area contributed by atoms with E-state index in [1.807, 2.05) is 44.2 Å². The maximum absolute atomic E-state index is 12.8. The van der Waals surface area contributed by atoms with Gasteiger partial charge in [0.15, 0.2) is 6.33 Å². The van der Waals surface area contributed by atoms with E-state index in [2.05, 4.69) is 42.3 Å². The first-order valence-corrected chi connectivity index (χ1v) is 11.7. The molecule has 0 saturated heterocycles. The summed E-state index contributed by atoms with van der Waals surface area (Å²) in [5.74, 6) is 0.893. The van der Waals surface area contributed by atoms with Crippen LogP contribution in [0, 0.1) is 0 Å². The monoisotopic (exact) mass is 498 g/mol. The van der Waals surface area contributed by atoms with E-state index in [9.17, 15) is 9.90 Å². The maximum atomic E-state index is 12.8. The number of nitrogens with one attached hydrogen (secondary N) is 2. The van der Waals surface area contributed by atoms with Crippen LogP contribution in [0.25, 0.3) is 11.5 Å². The third-order valence-corrected chi connectivity index (χ3v) is 6.28. The largest absolute Gasteiger partial charge is 0.394 e. The maximum Gasteiger partial charge on any atom is 0.261 e. The molecule has 0 fully saturated rings. The molecule has 0 unspecified atom stereocenters. The minimum atomic E-state index is -0.619. The summed E-state index contributed by atoms with van der Waals surface area (Å²) in [5.41, 5.74) is 2.56. The summed E-state index contributed by atoms with van der Waals surface area (Å²) in [7, 11) is 0. The molecule has 4 heterocycles. The Morgan fingerprint density at radius 1 is 1.16 bits per heavy atom. The van der Waals surface area contributed by atoms with Crippen LogP contribution in [0.15, 0.2) is 72.3 Å². The van der Waals surface area contributed by atoms with Crippen molar-refractivity contribution in [1.82, 2.24) is 30.0 Å². The van der Waals surface area contributed by atoms with Crippen molar-refractivity contribution in [1.29, 1.82) is 0 Å². The van der Waals surface area contributed by atoms with Gasteiger partial charge < -0.3 is 25.2 Å². The van der Waals surface area contributed by atoms with Crippen molar-refractivity contribution in [3.8, 4) is 11.5 Å². The highest BCUT2D eigenvalue weighted by molar-refractivity contribution is 5.99. The van der Waals surface area contributed by atoms with Crippen molar-refractivity contribution in [2.45, 2.75) is 25.4 Å². The van der Waals surface area contributed by atoms with Gasteiger partial charge in [-0.1, -0.05) is 41.6 Å². The molecule has 188 valence electrons. The number of aliphatic hydroxyl groups is 1. The lowest BCUT2D eigenvalue weighted by molar-refractivity contribution is 0.0649. The zero-order valence-corrected chi connectivity index (χ0v) is 20.4. The van der Waals surface area contributed by atoms with E-state index in [0.717, 1.165) is 5.56 Å². The van der Waals surface area contributed by atoms with E-state index in [0.29, 0.717) is 40.8 Å². The summed E-state index contributed by atoms with van der Waals surface area (Å²) in [6, 6.07) is 10.9. The Morgan fingerprint density at radius 3 is 2.65 bits per heavy atom. The van der Waals surface area contributed by atoms with E-state index >= 15 is 0 Å². The third kappa shape index (κ3) is 4.52. The highest BCUT2D eigenvalue weighted by Gasteiger charge is 2.44. The molecular formula is C26H26N8O3. The number of rotatable bonds is 9. The molecule has 0 bridgehead atoms. The van der Waals surface area contributed by atoms with E-state index in [-0.39, 0.29) is 18.4 Å². The van der Waals surface area contributed by atoms with Gasteiger partial charge in [-0.25, -0.2) is 15.0 Å². The van der Waals surface area contributed by atoms with Crippen LogP contribution in [0.5, 0.6) is 0 Å². The number of amides is 1.